The molecule has 1 amide bonds. The van der Waals surface area contributed by atoms with Crippen LogP contribution < -0.4 is 10.1 Å². The van der Waals surface area contributed by atoms with Crippen molar-refractivity contribution in [3.05, 3.63) is 76.0 Å². The van der Waals surface area contributed by atoms with Gasteiger partial charge < -0.3 is 10.1 Å². The Morgan fingerprint density at radius 3 is 2.79 bits per heavy atom. The average Bonchev–Trinajstić information content (AvgIpc) is 3.14. The van der Waals surface area contributed by atoms with Gasteiger partial charge in [0.15, 0.2) is 0 Å². The van der Waals surface area contributed by atoms with E-state index in [4.69, 9.17) is 4.74 Å². The highest BCUT2D eigenvalue weighted by atomic mass is 32.2. The summed E-state index contributed by atoms with van der Waals surface area (Å²) in [4.78, 5) is 16.6. The molecule has 0 fully saturated rings. The molecule has 3 rings (SSSR count). The largest absolute Gasteiger partial charge is 0.492 e. The number of ether oxygens (including phenoxy) is 1. The summed E-state index contributed by atoms with van der Waals surface area (Å²) in [5, 5.41) is 4.74. The Bertz CT molecular complexity index is 958. The Balaban J connectivity index is 1.39. The number of carbonyl (C=O) groups excluding carboxylic acids is 1. The smallest absolute Gasteiger partial charge is 0.226 e. The van der Waals surface area contributed by atoms with Crippen LogP contribution in [-0.2, 0) is 17.0 Å². The van der Waals surface area contributed by atoms with E-state index in [1.165, 1.54) is 28.8 Å². The van der Waals surface area contributed by atoms with Gasteiger partial charge in [0.1, 0.15) is 22.5 Å². The van der Waals surface area contributed by atoms with E-state index in [0.29, 0.717) is 18.9 Å². The minimum Gasteiger partial charge on any atom is -0.492 e. The molecule has 0 spiro atoms. The van der Waals surface area contributed by atoms with Crippen LogP contribution in [0.25, 0.3) is 0 Å². The Morgan fingerprint density at radius 2 is 2.00 bits per heavy atom. The number of thioether (sulfide) groups is 1. The van der Waals surface area contributed by atoms with Gasteiger partial charge in [-0.25, -0.2) is 9.37 Å². The third-order valence-electron chi connectivity index (χ3n) is 4.23. The highest BCUT2D eigenvalue weighted by Gasteiger charge is 2.09. The number of hydrogen-bond donors (Lipinski definition) is 1. The summed E-state index contributed by atoms with van der Waals surface area (Å²) < 4.78 is 19.3. The van der Waals surface area contributed by atoms with Crippen LogP contribution in [0.1, 0.15) is 22.4 Å². The standard InChI is InChI=1S/C22H23FN2O2S2/c1-15-3-4-16(2)17(11-15)13-28-22-25-19(14-29-22)12-21(26)24-9-10-27-20-7-5-18(23)6-8-20/h3-8,11,14H,9-10,12-13H2,1-2H3,(H,24,26). The quantitative estimate of drug-likeness (QED) is 0.386. The van der Waals surface area contributed by atoms with Gasteiger partial charge in [0.2, 0.25) is 5.91 Å². The lowest BCUT2D eigenvalue weighted by atomic mass is 10.1. The van der Waals surface area contributed by atoms with Crippen LogP contribution in [0.2, 0.25) is 0 Å². The Morgan fingerprint density at radius 1 is 1.21 bits per heavy atom. The monoisotopic (exact) mass is 430 g/mol. The minimum atomic E-state index is -0.305. The molecule has 0 radical (unpaired) electrons. The first kappa shape index (κ1) is 21.3. The highest BCUT2D eigenvalue weighted by Crippen LogP contribution is 2.28. The van der Waals surface area contributed by atoms with Crippen molar-refractivity contribution in [3.8, 4) is 5.75 Å². The predicted octanol–water partition coefficient (Wildman–Crippen LogP) is 4.93. The SMILES string of the molecule is Cc1ccc(C)c(CSc2nc(CC(=O)NCCOc3ccc(F)cc3)cs2)c1. The zero-order valence-corrected chi connectivity index (χ0v) is 18.0. The number of aryl methyl sites for hydroxylation is 2. The number of aromatic nitrogens is 1. The molecule has 0 aliphatic heterocycles. The van der Waals surface area contributed by atoms with E-state index >= 15 is 0 Å². The Labute approximate surface area is 178 Å². The maximum atomic E-state index is 12.8. The third-order valence-corrected chi connectivity index (χ3v) is 6.35. The van der Waals surface area contributed by atoms with Crippen LogP contribution in [0.4, 0.5) is 4.39 Å². The van der Waals surface area contributed by atoms with Crippen molar-refractivity contribution < 1.29 is 13.9 Å². The molecule has 1 aromatic heterocycles. The number of nitrogens with one attached hydrogen (secondary N) is 1. The zero-order valence-electron chi connectivity index (χ0n) is 16.4. The number of halogens is 1. The molecule has 4 nitrogen and oxygen atoms in total. The summed E-state index contributed by atoms with van der Waals surface area (Å²) in [5.41, 5.74) is 4.62. The summed E-state index contributed by atoms with van der Waals surface area (Å²) in [7, 11) is 0. The maximum absolute atomic E-state index is 12.8. The molecule has 152 valence electrons. The lowest BCUT2D eigenvalue weighted by Crippen LogP contribution is -2.29. The number of thiazole rings is 1. The van der Waals surface area contributed by atoms with Gasteiger partial charge in [0, 0.05) is 11.1 Å². The average molecular weight is 431 g/mol. The molecule has 1 heterocycles. The van der Waals surface area contributed by atoms with Crippen LogP contribution in [0.3, 0.4) is 0 Å². The number of rotatable bonds is 9. The summed E-state index contributed by atoms with van der Waals surface area (Å²) in [5.74, 6) is 1.04. The zero-order chi connectivity index (χ0) is 20.6. The molecule has 0 saturated heterocycles. The molecule has 0 saturated carbocycles. The lowest BCUT2D eigenvalue weighted by molar-refractivity contribution is -0.120. The second-order valence-corrected chi connectivity index (χ2v) is 8.73. The molecule has 7 heteroatoms. The normalized spacial score (nSPS) is 10.7. The fraction of sp³-hybridized carbons (Fsp3) is 0.273. The van der Waals surface area contributed by atoms with Gasteiger partial charge in [-0.15, -0.1) is 11.3 Å². The first-order valence-corrected chi connectivity index (χ1v) is 11.1. The summed E-state index contributed by atoms with van der Waals surface area (Å²) >= 11 is 3.26. The molecule has 29 heavy (non-hydrogen) atoms. The van der Waals surface area contributed by atoms with E-state index in [-0.39, 0.29) is 18.1 Å². The molecule has 2 aromatic carbocycles. The summed E-state index contributed by atoms with van der Waals surface area (Å²) in [6.45, 7) is 4.92. The first-order valence-electron chi connectivity index (χ1n) is 9.28. The van der Waals surface area contributed by atoms with Crippen LogP contribution in [0.15, 0.2) is 52.2 Å². The molecular formula is C22H23FN2O2S2. The van der Waals surface area contributed by atoms with Crippen molar-refractivity contribution >= 4 is 29.0 Å². The van der Waals surface area contributed by atoms with Crippen LogP contribution in [0.5, 0.6) is 5.75 Å². The van der Waals surface area contributed by atoms with Gasteiger partial charge in [-0.2, -0.15) is 0 Å². The van der Waals surface area contributed by atoms with Gasteiger partial charge in [-0.1, -0.05) is 35.5 Å². The highest BCUT2D eigenvalue weighted by molar-refractivity contribution is 8.00. The van der Waals surface area contributed by atoms with Gasteiger partial charge in [-0.3, -0.25) is 4.79 Å². The molecular weight excluding hydrogens is 407 g/mol. The number of hydrogen-bond acceptors (Lipinski definition) is 5. The van der Waals surface area contributed by atoms with Crippen LogP contribution >= 0.6 is 23.1 Å². The fourth-order valence-corrected chi connectivity index (χ4v) is 4.56. The Hall–Kier alpha value is -2.38. The summed E-state index contributed by atoms with van der Waals surface area (Å²) in [6.07, 6.45) is 0.247. The van der Waals surface area contributed by atoms with Gasteiger partial charge in [-0.05, 0) is 49.2 Å². The molecule has 0 aliphatic rings. The van der Waals surface area contributed by atoms with E-state index in [2.05, 4.69) is 42.3 Å². The predicted molar refractivity (Wildman–Crippen MR) is 116 cm³/mol. The molecule has 0 aliphatic carbocycles. The van der Waals surface area contributed by atoms with E-state index in [1.54, 1.807) is 35.2 Å². The van der Waals surface area contributed by atoms with Crippen molar-refractivity contribution in [2.45, 2.75) is 30.4 Å². The number of nitrogens with zero attached hydrogens (tertiary/aromatic N) is 1. The summed E-state index contributed by atoms with van der Waals surface area (Å²) in [6, 6.07) is 12.3. The van der Waals surface area contributed by atoms with E-state index < -0.39 is 0 Å². The van der Waals surface area contributed by atoms with Crippen molar-refractivity contribution in [2.24, 2.45) is 0 Å². The van der Waals surface area contributed by atoms with E-state index in [0.717, 1.165) is 15.8 Å². The van der Waals surface area contributed by atoms with Crippen molar-refractivity contribution in [3.63, 3.8) is 0 Å². The molecule has 0 unspecified atom stereocenters. The van der Waals surface area contributed by atoms with E-state index in [1.807, 2.05) is 5.38 Å². The van der Waals surface area contributed by atoms with Crippen molar-refractivity contribution in [2.75, 3.05) is 13.2 Å². The van der Waals surface area contributed by atoms with E-state index in [9.17, 15) is 9.18 Å². The molecule has 3 aromatic rings. The molecule has 0 atom stereocenters. The third kappa shape index (κ3) is 6.87. The minimum absolute atomic E-state index is 0.0934. The lowest BCUT2D eigenvalue weighted by Gasteiger charge is -2.07. The number of carbonyl (C=O) groups is 1. The van der Waals surface area contributed by atoms with Gasteiger partial charge in [0.25, 0.3) is 0 Å². The van der Waals surface area contributed by atoms with Crippen LogP contribution in [0, 0.1) is 19.7 Å². The fourth-order valence-electron chi connectivity index (χ4n) is 2.65. The van der Waals surface area contributed by atoms with Crippen LogP contribution in [-0.4, -0.2) is 24.0 Å². The second kappa shape index (κ2) is 10.4. The van der Waals surface area contributed by atoms with Gasteiger partial charge in [0.05, 0.1) is 18.7 Å². The van der Waals surface area contributed by atoms with Crippen molar-refractivity contribution in [1.29, 1.82) is 0 Å². The van der Waals surface area contributed by atoms with Crippen molar-refractivity contribution in [1.82, 2.24) is 10.3 Å². The first-order chi connectivity index (χ1) is 14.0. The second-order valence-electron chi connectivity index (χ2n) is 6.65. The topological polar surface area (TPSA) is 51.2 Å². The van der Waals surface area contributed by atoms with Gasteiger partial charge >= 0.3 is 0 Å². The number of benzene rings is 2. The molecule has 1 N–H and O–H groups in total. The Kier molecular flexibility index (Phi) is 7.66. The maximum Gasteiger partial charge on any atom is 0.226 e. The molecule has 0 bridgehead atoms. The number of amides is 1.